The first-order valence-electron chi connectivity index (χ1n) is 18.3. The maximum Gasteiger partial charge on any atom is 0.188 e. The lowest BCUT2D eigenvalue weighted by Crippen LogP contribution is -2.32. The summed E-state index contributed by atoms with van der Waals surface area (Å²) in [6.07, 6.45) is 7.44. The van der Waals surface area contributed by atoms with Crippen LogP contribution in [0.4, 0.5) is 5.69 Å². The van der Waals surface area contributed by atoms with Gasteiger partial charge in [0.2, 0.25) is 0 Å². The van der Waals surface area contributed by atoms with Crippen molar-refractivity contribution in [3.63, 3.8) is 0 Å². The van der Waals surface area contributed by atoms with Crippen LogP contribution in [0.3, 0.4) is 0 Å². The molecule has 56 heavy (non-hydrogen) atoms. The third-order valence-electron chi connectivity index (χ3n) is 11.6. The molecule has 0 amide bonds. The van der Waals surface area contributed by atoms with Crippen molar-refractivity contribution in [3.05, 3.63) is 191 Å². The quantitative estimate of drug-likeness (QED) is 0.166. The summed E-state index contributed by atoms with van der Waals surface area (Å²) >= 11 is 0. The summed E-state index contributed by atoms with van der Waals surface area (Å²) in [4.78, 5) is 18.4. The zero-order chi connectivity index (χ0) is 37.1. The fourth-order valence-corrected chi connectivity index (χ4v) is 9.37. The van der Waals surface area contributed by atoms with E-state index in [2.05, 4.69) is 79.6 Å². The van der Waals surface area contributed by atoms with Gasteiger partial charge in [-0.25, -0.2) is 4.85 Å². The van der Waals surface area contributed by atoms with Gasteiger partial charge in [0.1, 0.15) is 11.5 Å². The summed E-state index contributed by atoms with van der Waals surface area (Å²) in [7, 11) is 0. The summed E-state index contributed by atoms with van der Waals surface area (Å²) in [5.41, 5.74) is 11.9. The van der Waals surface area contributed by atoms with Gasteiger partial charge in [-0.3, -0.25) is 15.0 Å². The van der Waals surface area contributed by atoms with Crippen molar-refractivity contribution in [1.82, 2.24) is 24.1 Å². The highest BCUT2D eigenvalue weighted by Crippen LogP contribution is 2.61. The minimum atomic E-state index is -0.801. The molecule has 2 aliphatic rings. The Labute approximate surface area is 319 Å². The van der Waals surface area contributed by atoms with Crippen molar-refractivity contribution < 1.29 is 4.74 Å². The molecule has 0 saturated heterocycles. The molecule has 12 rings (SSSR count). The molecule has 0 N–H and O–H groups in total. The van der Waals surface area contributed by atoms with Gasteiger partial charge < -0.3 is 13.9 Å². The van der Waals surface area contributed by atoms with Crippen LogP contribution in [0.5, 0.6) is 11.5 Å². The molecule has 258 valence electrons. The highest BCUT2D eigenvalue weighted by atomic mass is 16.5. The van der Waals surface area contributed by atoms with E-state index in [9.17, 15) is 5.26 Å². The number of nitriles is 1. The van der Waals surface area contributed by atoms with Crippen molar-refractivity contribution in [2.24, 2.45) is 0 Å². The van der Waals surface area contributed by atoms with Gasteiger partial charge in [-0.05, 0) is 77.7 Å². The van der Waals surface area contributed by atoms with Crippen LogP contribution >= 0.6 is 0 Å². The Bertz CT molecular complexity index is 3450. The molecule has 1 atom stereocenters. The number of hydrogen-bond donors (Lipinski definition) is 0. The predicted octanol–water partition coefficient (Wildman–Crippen LogP) is 11.0. The van der Waals surface area contributed by atoms with Crippen molar-refractivity contribution in [1.29, 1.82) is 5.26 Å². The maximum atomic E-state index is 9.72. The van der Waals surface area contributed by atoms with Gasteiger partial charge in [-0.2, -0.15) is 5.26 Å². The van der Waals surface area contributed by atoms with E-state index in [1.54, 1.807) is 6.20 Å². The Balaban J connectivity index is 1.15. The number of nitrogens with zero attached hydrogens (tertiary/aromatic N) is 7. The standard InChI is InChI=1S/C48H25N7O/c1-50-29-13-17-42-35(22-29)32-7-2-4-10-40(32)55(42)31-23-39-47(53-26-31)46-38(9-6-19-52-46)48(39)36-8-3-5-11-44(36)56-45-24-30(14-15-37(45)48)54-41-16-12-28(25-49)21-34(41)33-18-20-51-27-43(33)54/h2-24,26-27H. The summed E-state index contributed by atoms with van der Waals surface area (Å²) in [5.74, 6) is 1.49. The van der Waals surface area contributed by atoms with Crippen molar-refractivity contribution in [2.45, 2.75) is 5.41 Å². The minimum Gasteiger partial charge on any atom is -0.457 e. The Hall–Kier alpha value is -8.07. The molecule has 0 bridgehead atoms. The average Bonchev–Trinajstić information content (AvgIpc) is 3.87. The number of pyridine rings is 3. The number of benzene rings is 5. The molecule has 1 unspecified atom stereocenters. The zero-order valence-corrected chi connectivity index (χ0v) is 29.5. The molecule has 10 aromatic rings. The van der Waals surface area contributed by atoms with Gasteiger partial charge in [-0.1, -0.05) is 54.6 Å². The van der Waals surface area contributed by atoms with E-state index in [-0.39, 0.29) is 0 Å². The summed E-state index contributed by atoms with van der Waals surface area (Å²) in [5, 5.41) is 13.8. The topological polar surface area (TPSA) is 85.9 Å². The molecule has 0 radical (unpaired) electrons. The van der Waals surface area contributed by atoms with Crippen LogP contribution in [-0.4, -0.2) is 24.1 Å². The second-order valence-corrected chi connectivity index (χ2v) is 14.3. The molecule has 5 aromatic carbocycles. The van der Waals surface area contributed by atoms with Crippen LogP contribution in [-0.2, 0) is 5.41 Å². The molecule has 1 aliphatic heterocycles. The normalized spacial score (nSPS) is 15.0. The first kappa shape index (κ1) is 30.4. The van der Waals surface area contributed by atoms with E-state index in [0.717, 1.165) is 100 Å². The van der Waals surface area contributed by atoms with E-state index in [4.69, 9.17) is 21.3 Å². The van der Waals surface area contributed by atoms with E-state index in [0.29, 0.717) is 11.3 Å². The second kappa shape index (κ2) is 11.0. The molecule has 8 heteroatoms. The number of ether oxygens (including phenoxy) is 1. The van der Waals surface area contributed by atoms with E-state index < -0.39 is 5.41 Å². The minimum absolute atomic E-state index is 0.604. The van der Waals surface area contributed by atoms with Crippen LogP contribution in [0.25, 0.3) is 71.2 Å². The molecule has 8 nitrogen and oxygen atoms in total. The van der Waals surface area contributed by atoms with Crippen LogP contribution in [0.15, 0.2) is 152 Å². The molecule has 6 heterocycles. The van der Waals surface area contributed by atoms with Crippen LogP contribution in [0, 0.1) is 17.9 Å². The molecule has 5 aromatic heterocycles. The fourth-order valence-electron chi connectivity index (χ4n) is 9.37. The molecular formula is C48H25N7O. The first-order valence-corrected chi connectivity index (χ1v) is 18.3. The van der Waals surface area contributed by atoms with Gasteiger partial charge in [0.15, 0.2) is 5.69 Å². The smallest absolute Gasteiger partial charge is 0.188 e. The van der Waals surface area contributed by atoms with Crippen molar-refractivity contribution >= 4 is 49.3 Å². The third-order valence-corrected chi connectivity index (χ3v) is 11.6. The maximum absolute atomic E-state index is 9.72. The Morgan fingerprint density at radius 2 is 1.32 bits per heavy atom. The molecule has 1 spiro atoms. The average molecular weight is 716 g/mol. The second-order valence-electron chi connectivity index (χ2n) is 14.3. The van der Waals surface area contributed by atoms with Crippen LogP contribution in [0.1, 0.15) is 27.8 Å². The van der Waals surface area contributed by atoms with Crippen LogP contribution in [0.2, 0.25) is 0 Å². The third kappa shape index (κ3) is 3.81. The Morgan fingerprint density at radius 3 is 2.23 bits per heavy atom. The Morgan fingerprint density at radius 1 is 0.571 bits per heavy atom. The SMILES string of the molecule is [C-]#[N+]c1ccc2c(c1)c1ccccc1n2-c1cnc2c(c1)C1(c3ccccc3Oc3cc(-n4c5ccc(C#N)cc5c5ccncc54)ccc31)c1cccnc1-2. The van der Waals surface area contributed by atoms with E-state index in [1.807, 2.05) is 91.4 Å². The molecule has 1 aliphatic carbocycles. The number of fused-ring (bicyclic) bond motifs is 15. The van der Waals surface area contributed by atoms with E-state index in [1.165, 1.54) is 0 Å². The lowest BCUT2D eigenvalue weighted by atomic mass is 9.66. The van der Waals surface area contributed by atoms with Crippen molar-refractivity contribution in [3.8, 4) is 40.3 Å². The number of rotatable bonds is 2. The zero-order valence-electron chi connectivity index (χ0n) is 29.5. The highest BCUT2D eigenvalue weighted by molar-refractivity contribution is 6.11. The fraction of sp³-hybridized carbons (Fsp3) is 0.0208. The molecular weight excluding hydrogens is 691 g/mol. The lowest BCUT2D eigenvalue weighted by Gasteiger charge is -2.39. The van der Waals surface area contributed by atoms with Gasteiger partial charge in [-0.15, -0.1) is 0 Å². The van der Waals surface area contributed by atoms with Gasteiger partial charge in [0.25, 0.3) is 0 Å². The van der Waals surface area contributed by atoms with E-state index >= 15 is 0 Å². The highest BCUT2D eigenvalue weighted by Gasteiger charge is 2.52. The lowest BCUT2D eigenvalue weighted by molar-refractivity contribution is 0.436. The first-order chi connectivity index (χ1) is 27.7. The van der Waals surface area contributed by atoms with Crippen molar-refractivity contribution in [2.75, 3.05) is 0 Å². The molecule has 0 fully saturated rings. The summed E-state index contributed by atoms with van der Waals surface area (Å²) in [6.45, 7) is 7.69. The predicted molar refractivity (Wildman–Crippen MR) is 217 cm³/mol. The summed E-state index contributed by atoms with van der Waals surface area (Å²) < 4.78 is 11.3. The largest absolute Gasteiger partial charge is 0.457 e. The monoisotopic (exact) mass is 715 g/mol. The van der Waals surface area contributed by atoms with Gasteiger partial charge in [0, 0.05) is 57.0 Å². The Kier molecular flexibility index (Phi) is 5.96. The summed E-state index contributed by atoms with van der Waals surface area (Å²) in [6, 6.07) is 45.5. The number of aromatic nitrogens is 5. The number of hydrogen-bond acceptors (Lipinski definition) is 5. The molecule has 0 saturated carbocycles. The number of para-hydroxylation sites is 2. The van der Waals surface area contributed by atoms with Gasteiger partial charge in [0.05, 0.1) is 75.2 Å². The van der Waals surface area contributed by atoms with Gasteiger partial charge >= 0.3 is 0 Å². The van der Waals surface area contributed by atoms with Crippen LogP contribution < -0.4 is 4.74 Å².